The molecule has 2 atom stereocenters. The normalized spacial score (nSPS) is 18.7. The predicted molar refractivity (Wildman–Crippen MR) is 95.9 cm³/mol. The fourth-order valence-corrected chi connectivity index (χ4v) is 2.89. The summed E-state index contributed by atoms with van der Waals surface area (Å²) in [5.41, 5.74) is 7.17. The maximum Gasteiger partial charge on any atom is 0.240 e. The Morgan fingerprint density at radius 3 is 3.00 bits per heavy atom. The summed E-state index contributed by atoms with van der Waals surface area (Å²) in [6, 6.07) is 11.6. The summed E-state index contributed by atoms with van der Waals surface area (Å²) < 4.78 is 0. The fraction of sp³-hybridized carbons (Fsp3) is 0.474. The topological polar surface area (TPSA) is 82.2 Å². The van der Waals surface area contributed by atoms with Crippen LogP contribution in [0.25, 0.3) is 6.08 Å². The van der Waals surface area contributed by atoms with Gasteiger partial charge in [0.1, 0.15) is 6.04 Å². The molecule has 0 spiro atoms. The summed E-state index contributed by atoms with van der Waals surface area (Å²) in [5.74, 6) is -0.0805. The van der Waals surface area contributed by atoms with Gasteiger partial charge in [0.05, 0.1) is 12.1 Å². The first-order valence-corrected chi connectivity index (χ1v) is 8.60. The second-order valence-corrected chi connectivity index (χ2v) is 6.08. The number of nitriles is 1. The molecule has 1 fully saturated rings. The summed E-state index contributed by atoms with van der Waals surface area (Å²) >= 11 is 0. The minimum Gasteiger partial charge on any atom is -0.325 e. The molecule has 1 aromatic carbocycles. The van der Waals surface area contributed by atoms with Gasteiger partial charge >= 0.3 is 0 Å². The number of nitrogens with two attached hydrogens (primary N) is 1. The maximum atomic E-state index is 12.3. The molecular formula is C19H26N4O. The average Bonchev–Trinajstić information content (AvgIpc) is 3.09. The summed E-state index contributed by atoms with van der Waals surface area (Å²) in [7, 11) is 0. The molecule has 1 aromatic rings. The third kappa shape index (κ3) is 5.48. The van der Waals surface area contributed by atoms with Crippen LogP contribution in [0.4, 0.5) is 0 Å². The van der Waals surface area contributed by atoms with Crippen molar-refractivity contribution in [2.24, 2.45) is 5.73 Å². The van der Waals surface area contributed by atoms with Gasteiger partial charge in [-0.2, -0.15) is 5.26 Å². The van der Waals surface area contributed by atoms with Crippen molar-refractivity contribution in [2.75, 3.05) is 19.6 Å². The van der Waals surface area contributed by atoms with E-state index >= 15 is 0 Å². The number of amides is 1. The zero-order valence-electron chi connectivity index (χ0n) is 14.0. The summed E-state index contributed by atoms with van der Waals surface area (Å²) in [6.45, 7) is 2.27. The van der Waals surface area contributed by atoms with E-state index in [9.17, 15) is 4.79 Å². The van der Waals surface area contributed by atoms with Gasteiger partial charge in [-0.15, -0.1) is 0 Å². The molecular weight excluding hydrogens is 300 g/mol. The zero-order chi connectivity index (χ0) is 17.2. The largest absolute Gasteiger partial charge is 0.325 e. The number of nitrogens with one attached hydrogen (secondary N) is 1. The molecule has 0 unspecified atom stereocenters. The molecule has 0 bridgehead atoms. The molecule has 2 rings (SSSR count). The minimum atomic E-state index is -0.499. The highest BCUT2D eigenvalue weighted by molar-refractivity contribution is 5.82. The number of carbonyl (C=O) groups is 1. The SMILES string of the molecule is N#C[C@@H]1CCCN1C(=O)[C@@H](N)CCCNCC=Cc1ccccc1. The van der Waals surface area contributed by atoms with Crippen LogP contribution >= 0.6 is 0 Å². The second kappa shape index (κ2) is 9.86. The van der Waals surface area contributed by atoms with E-state index in [4.69, 9.17) is 11.0 Å². The Hall–Kier alpha value is -2.16. The van der Waals surface area contributed by atoms with Crippen molar-refractivity contribution in [2.45, 2.75) is 37.8 Å². The van der Waals surface area contributed by atoms with Crippen LogP contribution in [-0.2, 0) is 4.79 Å². The van der Waals surface area contributed by atoms with E-state index in [0.717, 1.165) is 32.4 Å². The molecule has 1 aliphatic rings. The lowest BCUT2D eigenvalue weighted by atomic mass is 10.1. The van der Waals surface area contributed by atoms with Crippen molar-refractivity contribution in [3.63, 3.8) is 0 Å². The Kier molecular flexibility index (Phi) is 7.47. The molecule has 0 aliphatic carbocycles. The van der Waals surface area contributed by atoms with Crippen LogP contribution in [-0.4, -0.2) is 42.5 Å². The Bertz CT molecular complexity index is 579. The third-order valence-corrected chi connectivity index (χ3v) is 4.24. The second-order valence-electron chi connectivity index (χ2n) is 6.08. The van der Waals surface area contributed by atoms with Gasteiger partial charge in [-0.05, 0) is 37.8 Å². The van der Waals surface area contributed by atoms with Crippen molar-refractivity contribution >= 4 is 12.0 Å². The van der Waals surface area contributed by atoms with E-state index in [2.05, 4.69) is 35.7 Å². The lowest BCUT2D eigenvalue weighted by Crippen LogP contribution is -2.45. The number of likely N-dealkylation sites (tertiary alicyclic amines) is 1. The monoisotopic (exact) mass is 326 g/mol. The first-order valence-electron chi connectivity index (χ1n) is 8.60. The number of hydrogen-bond donors (Lipinski definition) is 2. The summed E-state index contributed by atoms with van der Waals surface area (Å²) in [4.78, 5) is 13.9. The van der Waals surface area contributed by atoms with Gasteiger partial charge in [-0.1, -0.05) is 42.5 Å². The fourth-order valence-electron chi connectivity index (χ4n) is 2.89. The van der Waals surface area contributed by atoms with E-state index in [0.29, 0.717) is 13.0 Å². The number of hydrogen-bond acceptors (Lipinski definition) is 4. The first-order chi connectivity index (χ1) is 11.7. The van der Waals surface area contributed by atoms with Crippen LogP contribution < -0.4 is 11.1 Å². The van der Waals surface area contributed by atoms with Gasteiger partial charge in [-0.3, -0.25) is 4.79 Å². The van der Waals surface area contributed by atoms with Crippen LogP contribution in [0.3, 0.4) is 0 Å². The molecule has 1 aliphatic heterocycles. The Balaban J connectivity index is 1.59. The van der Waals surface area contributed by atoms with Crippen molar-refractivity contribution < 1.29 is 4.79 Å². The number of rotatable bonds is 8. The van der Waals surface area contributed by atoms with E-state index < -0.39 is 6.04 Å². The average molecular weight is 326 g/mol. The highest BCUT2D eigenvalue weighted by atomic mass is 16.2. The lowest BCUT2D eigenvalue weighted by molar-refractivity contribution is -0.132. The zero-order valence-corrected chi connectivity index (χ0v) is 14.0. The highest BCUT2D eigenvalue weighted by Crippen LogP contribution is 2.17. The Labute approximate surface area is 144 Å². The molecule has 5 nitrogen and oxygen atoms in total. The standard InChI is InChI=1S/C19H26N4O/c20-15-17-10-6-14-23(17)19(24)18(21)11-5-13-22-12-4-9-16-7-2-1-3-8-16/h1-4,7-9,17-18,22H,5-6,10-14,21H2/t17-,18-/m0/s1. The van der Waals surface area contributed by atoms with Gasteiger partial charge in [0.25, 0.3) is 0 Å². The number of benzene rings is 1. The smallest absolute Gasteiger partial charge is 0.240 e. The molecule has 24 heavy (non-hydrogen) atoms. The summed E-state index contributed by atoms with van der Waals surface area (Å²) in [6.07, 6.45) is 7.32. The lowest BCUT2D eigenvalue weighted by Gasteiger charge is -2.23. The van der Waals surface area contributed by atoms with Gasteiger partial charge in [0, 0.05) is 13.1 Å². The molecule has 0 aromatic heterocycles. The van der Waals surface area contributed by atoms with Crippen molar-refractivity contribution in [1.82, 2.24) is 10.2 Å². The van der Waals surface area contributed by atoms with Crippen LogP contribution in [0.1, 0.15) is 31.2 Å². The van der Waals surface area contributed by atoms with Crippen molar-refractivity contribution in [3.05, 3.63) is 42.0 Å². The molecule has 1 saturated heterocycles. The van der Waals surface area contributed by atoms with Crippen molar-refractivity contribution in [3.8, 4) is 6.07 Å². The minimum absolute atomic E-state index is 0.0805. The molecule has 1 amide bonds. The first kappa shape index (κ1) is 18.2. The number of nitrogens with zero attached hydrogens (tertiary/aromatic N) is 2. The van der Waals surface area contributed by atoms with Crippen molar-refractivity contribution in [1.29, 1.82) is 5.26 Å². The molecule has 5 heteroatoms. The molecule has 0 radical (unpaired) electrons. The van der Waals surface area contributed by atoms with E-state index in [1.807, 2.05) is 18.2 Å². The maximum absolute atomic E-state index is 12.3. The van der Waals surface area contributed by atoms with E-state index in [1.54, 1.807) is 4.90 Å². The van der Waals surface area contributed by atoms with Gasteiger partial charge in [0.2, 0.25) is 5.91 Å². The third-order valence-electron chi connectivity index (χ3n) is 4.24. The Morgan fingerprint density at radius 1 is 1.46 bits per heavy atom. The molecule has 0 saturated carbocycles. The molecule has 1 heterocycles. The predicted octanol–water partition coefficient (Wildman–Crippen LogP) is 1.91. The molecule has 128 valence electrons. The van der Waals surface area contributed by atoms with Crippen LogP contribution in [0.5, 0.6) is 0 Å². The van der Waals surface area contributed by atoms with Gasteiger partial charge in [0.15, 0.2) is 0 Å². The highest BCUT2D eigenvalue weighted by Gasteiger charge is 2.31. The van der Waals surface area contributed by atoms with E-state index in [-0.39, 0.29) is 11.9 Å². The number of carbonyl (C=O) groups excluding carboxylic acids is 1. The van der Waals surface area contributed by atoms with Gasteiger partial charge in [-0.25, -0.2) is 0 Å². The van der Waals surface area contributed by atoms with Crippen LogP contribution in [0, 0.1) is 11.3 Å². The van der Waals surface area contributed by atoms with Crippen LogP contribution in [0.15, 0.2) is 36.4 Å². The van der Waals surface area contributed by atoms with Gasteiger partial charge < -0.3 is 16.0 Å². The van der Waals surface area contributed by atoms with Crippen LogP contribution in [0.2, 0.25) is 0 Å². The molecule has 3 N–H and O–H groups in total. The Morgan fingerprint density at radius 2 is 2.25 bits per heavy atom. The van der Waals surface area contributed by atoms with E-state index in [1.165, 1.54) is 5.56 Å². The quantitative estimate of drug-likeness (QED) is 0.715. The summed E-state index contributed by atoms with van der Waals surface area (Å²) in [5, 5.41) is 12.4.